The first-order valence-electron chi connectivity index (χ1n) is 14.9. The van der Waals surface area contributed by atoms with Gasteiger partial charge in [0.1, 0.15) is 23.8 Å². The summed E-state index contributed by atoms with van der Waals surface area (Å²) < 4.78 is 75.6. The molecule has 4 aliphatic rings. The van der Waals surface area contributed by atoms with Crippen molar-refractivity contribution in [2.24, 2.45) is 5.92 Å². The van der Waals surface area contributed by atoms with E-state index in [9.17, 15) is 32.3 Å². The molecule has 2 aromatic rings. The molecule has 2 aliphatic carbocycles. The molecular formula is C31H34F5N3O4. The molecule has 3 heterocycles. The van der Waals surface area contributed by atoms with E-state index in [1.807, 2.05) is 0 Å². The van der Waals surface area contributed by atoms with Gasteiger partial charge in [-0.05, 0) is 87.2 Å². The van der Waals surface area contributed by atoms with Crippen molar-refractivity contribution in [3.63, 3.8) is 0 Å². The van der Waals surface area contributed by atoms with Crippen molar-refractivity contribution in [3.8, 4) is 5.75 Å². The lowest BCUT2D eigenvalue weighted by molar-refractivity contribution is -0.141. The van der Waals surface area contributed by atoms with E-state index in [1.165, 1.54) is 18.2 Å². The number of alkyl halides is 4. The number of rotatable bonds is 9. The fourth-order valence-electron chi connectivity index (χ4n) is 6.16. The summed E-state index contributed by atoms with van der Waals surface area (Å²) in [6.07, 6.45) is -1.27. The number of amides is 1. The number of hydrogen-bond donors (Lipinski definition) is 1. The molecule has 0 bridgehead atoms. The van der Waals surface area contributed by atoms with Gasteiger partial charge in [-0.2, -0.15) is 13.2 Å². The van der Waals surface area contributed by atoms with Gasteiger partial charge < -0.3 is 14.7 Å². The van der Waals surface area contributed by atoms with E-state index in [0.717, 1.165) is 49.5 Å². The molecule has 1 aromatic heterocycles. The first-order valence-corrected chi connectivity index (χ1v) is 14.9. The summed E-state index contributed by atoms with van der Waals surface area (Å²) in [4.78, 5) is 32.1. The maximum Gasteiger partial charge on any atom is 0.416 e. The quantitative estimate of drug-likeness (QED) is 0.357. The second kappa shape index (κ2) is 11.7. The molecule has 7 nitrogen and oxygen atoms in total. The summed E-state index contributed by atoms with van der Waals surface area (Å²) in [7, 11) is 0. The van der Waals surface area contributed by atoms with E-state index >= 15 is 4.39 Å². The van der Waals surface area contributed by atoms with Crippen LogP contribution in [0.4, 0.5) is 22.0 Å². The Bertz CT molecular complexity index is 1390. The smallest absolute Gasteiger partial charge is 0.416 e. The van der Waals surface area contributed by atoms with Crippen molar-refractivity contribution in [2.45, 2.75) is 81.7 Å². The molecule has 12 heteroatoms. The van der Waals surface area contributed by atoms with Crippen molar-refractivity contribution in [1.29, 1.82) is 0 Å². The summed E-state index contributed by atoms with van der Waals surface area (Å²) in [6.45, 7) is 1.60. The van der Waals surface area contributed by atoms with Gasteiger partial charge in [-0.1, -0.05) is 0 Å². The van der Waals surface area contributed by atoms with Crippen LogP contribution in [-0.4, -0.2) is 70.2 Å². The van der Waals surface area contributed by atoms with Crippen LogP contribution >= 0.6 is 0 Å². The Morgan fingerprint density at radius 1 is 1.00 bits per heavy atom. The highest BCUT2D eigenvalue weighted by molar-refractivity contribution is 5.97. The molecule has 2 atom stereocenters. The topological polar surface area (TPSA) is 83.0 Å². The minimum absolute atomic E-state index is 0.104. The van der Waals surface area contributed by atoms with Crippen LogP contribution in [0, 0.1) is 11.7 Å². The Kier molecular flexibility index (Phi) is 8.08. The molecular weight excluding hydrogens is 573 g/mol. The summed E-state index contributed by atoms with van der Waals surface area (Å²) in [6, 6.07) is 3.58. The first kappa shape index (κ1) is 29.8. The fourth-order valence-corrected chi connectivity index (χ4v) is 6.16. The summed E-state index contributed by atoms with van der Waals surface area (Å²) in [5.41, 5.74) is 0.704. The minimum Gasteiger partial charge on any atom is -0.493 e. The third kappa shape index (κ3) is 6.78. The van der Waals surface area contributed by atoms with Gasteiger partial charge in [-0.15, -0.1) is 0 Å². The van der Waals surface area contributed by atoms with Crippen LogP contribution in [0.2, 0.25) is 0 Å². The van der Waals surface area contributed by atoms with E-state index in [0.29, 0.717) is 48.9 Å². The number of nitrogens with zero attached hydrogens (tertiary/aromatic N) is 3. The second-order valence-electron chi connectivity index (χ2n) is 12.4. The average molecular weight is 608 g/mol. The van der Waals surface area contributed by atoms with E-state index < -0.39 is 48.2 Å². The zero-order valence-electron chi connectivity index (χ0n) is 23.6. The molecule has 4 fully saturated rings. The number of carboxylic acids is 1. The Morgan fingerprint density at radius 3 is 2.33 bits per heavy atom. The van der Waals surface area contributed by atoms with E-state index in [2.05, 4.69) is 9.88 Å². The fraction of sp³-hybridized carbons (Fsp3) is 0.581. The Morgan fingerprint density at radius 2 is 1.70 bits per heavy atom. The Hall–Kier alpha value is -3.28. The van der Waals surface area contributed by atoms with Crippen molar-refractivity contribution in [3.05, 3.63) is 58.2 Å². The molecule has 0 spiro atoms. The van der Waals surface area contributed by atoms with Crippen molar-refractivity contribution < 1.29 is 41.4 Å². The van der Waals surface area contributed by atoms with Gasteiger partial charge in [0.2, 0.25) is 0 Å². The zero-order chi connectivity index (χ0) is 30.5. The van der Waals surface area contributed by atoms with E-state index in [1.54, 1.807) is 0 Å². The normalized spacial score (nSPS) is 23.5. The maximum absolute atomic E-state index is 15.2. The van der Waals surface area contributed by atoms with E-state index in [-0.39, 0.29) is 29.7 Å². The predicted molar refractivity (Wildman–Crippen MR) is 145 cm³/mol. The number of carbonyl (C=O) groups excluding carboxylic acids is 1. The van der Waals surface area contributed by atoms with Gasteiger partial charge in [0, 0.05) is 30.6 Å². The molecule has 2 saturated heterocycles. The molecule has 2 saturated carbocycles. The van der Waals surface area contributed by atoms with Crippen molar-refractivity contribution >= 4 is 11.9 Å². The number of halogens is 5. The molecule has 0 radical (unpaired) electrons. The lowest BCUT2D eigenvalue weighted by Crippen LogP contribution is -2.41. The number of carboxylic acid groups (broad SMARTS) is 1. The summed E-state index contributed by atoms with van der Waals surface area (Å²) in [5.74, 6) is -2.28. The average Bonchev–Trinajstić information content (AvgIpc) is 3.89. The van der Waals surface area contributed by atoms with Crippen molar-refractivity contribution in [1.82, 2.24) is 14.8 Å². The molecule has 6 rings (SSSR count). The first-order chi connectivity index (χ1) is 20.5. The third-order valence-corrected chi connectivity index (χ3v) is 8.93. The Labute approximate surface area is 246 Å². The summed E-state index contributed by atoms with van der Waals surface area (Å²) in [5, 5.41) is 9.40. The maximum atomic E-state index is 15.2. The molecule has 43 heavy (non-hydrogen) atoms. The van der Waals surface area contributed by atoms with Crippen LogP contribution in [-0.2, 0) is 17.5 Å². The van der Waals surface area contributed by atoms with Gasteiger partial charge in [0.15, 0.2) is 0 Å². The van der Waals surface area contributed by atoms with Crippen LogP contribution < -0.4 is 4.74 Å². The highest BCUT2D eigenvalue weighted by atomic mass is 19.4. The van der Waals surface area contributed by atoms with Crippen LogP contribution in [0.3, 0.4) is 0 Å². The standard InChI is InChI=1S/C31H34F5N3O4/c32-21-11-27(30(41)42)39(14-21)29(40)24-12-23(18-1-2-18)28(13-25(24)33)43-16-17-5-7-38(8-6-17)15-22-9-20(31(34,35)36)10-26(37-22)19-3-4-19/h9-10,12-13,17-19,21,27H,1-8,11,14-16H2,(H,41,42)/t21-,27+/m1/s1. The van der Waals surface area contributed by atoms with Gasteiger partial charge in [0.25, 0.3) is 5.91 Å². The van der Waals surface area contributed by atoms with Gasteiger partial charge in [-0.25, -0.2) is 13.6 Å². The van der Waals surface area contributed by atoms with Crippen LogP contribution in [0.1, 0.15) is 89.7 Å². The highest BCUT2D eigenvalue weighted by Gasteiger charge is 2.41. The van der Waals surface area contributed by atoms with Gasteiger partial charge >= 0.3 is 12.1 Å². The van der Waals surface area contributed by atoms with Crippen LogP contribution in [0.5, 0.6) is 5.75 Å². The third-order valence-electron chi connectivity index (χ3n) is 8.93. The second-order valence-corrected chi connectivity index (χ2v) is 12.4. The summed E-state index contributed by atoms with van der Waals surface area (Å²) >= 11 is 0. The van der Waals surface area contributed by atoms with Crippen LogP contribution in [0.15, 0.2) is 24.3 Å². The zero-order valence-corrected chi connectivity index (χ0v) is 23.6. The number of pyridine rings is 1. The van der Waals surface area contributed by atoms with Gasteiger partial charge in [-0.3, -0.25) is 14.7 Å². The monoisotopic (exact) mass is 607 g/mol. The lowest BCUT2D eigenvalue weighted by Gasteiger charge is -2.32. The number of benzene rings is 1. The minimum atomic E-state index is -4.41. The number of hydrogen-bond acceptors (Lipinski definition) is 5. The number of carbonyl (C=O) groups is 2. The number of ether oxygens (including phenoxy) is 1. The Balaban J connectivity index is 1.07. The molecule has 1 N–H and O–H groups in total. The number of piperidine rings is 1. The predicted octanol–water partition coefficient (Wildman–Crippen LogP) is 5.92. The molecule has 0 unspecified atom stereocenters. The van der Waals surface area contributed by atoms with Crippen LogP contribution in [0.25, 0.3) is 0 Å². The lowest BCUT2D eigenvalue weighted by atomic mass is 9.97. The molecule has 1 aromatic carbocycles. The van der Waals surface area contributed by atoms with E-state index in [4.69, 9.17) is 4.74 Å². The number of aromatic nitrogens is 1. The number of aliphatic carboxylic acids is 1. The molecule has 2 aliphatic heterocycles. The molecule has 232 valence electrons. The highest BCUT2D eigenvalue weighted by Crippen LogP contribution is 2.46. The van der Waals surface area contributed by atoms with Gasteiger partial charge in [0.05, 0.1) is 30.0 Å². The largest absolute Gasteiger partial charge is 0.493 e. The number of likely N-dealkylation sites (tertiary alicyclic amines) is 2. The SMILES string of the molecule is O=C(O)[C@@H]1C[C@@H](F)CN1C(=O)c1cc(C2CC2)c(OCC2CCN(Cc3cc(C(F)(F)F)cc(C4CC4)n3)CC2)cc1F. The molecule has 1 amide bonds. The van der Waals surface area contributed by atoms with Crippen molar-refractivity contribution in [2.75, 3.05) is 26.2 Å².